The summed E-state index contributed by atoms with van der Waals surface area (Å²) in [4.78, 5) is 12.8. The maximum atomic E-state index is 12.8. The molecule has 27 heavy (non-hydrogen) atoms. The summed E-state index contributed by atoms with van der Waals surface area (Å²) < 4.78 is 6.91. The molecule has 0 aliphatic carbocycles. The summed E-state index contributed by atoms with van der Waals surface area (Å²) in [6.45, 7) is 4.17. The van der Waals surface area contributed by atoms with Crippen molar-refractivity contribution in [1.29, 1.82) is 0 Å². The van der Waals surface area contributed by atoms with Crippen molar-refractivity contribution in [3.63, 3.8) is 0 Å². The van der Waals surface area contributed by atoms with Crippen molar-refractivity contribution in [2.75, 3.05) is 12.4 Å². The lowest BCUT2D eigenvalue weighted by molar-refractivity contribution is 0.102. The van der Waals surface area contributed by atoms with E-state index in [1.165, 1.54) is 0 Å². The van der Waals surface area contributed by atoms with Gasteiger partial charge in [-0.3, -0.25) is 9.48 Å². The fraction of sp³-hybridized carbons (Fsp3) is 0.200. The maximum absolute atomic E-state index is 12.8. The van der Waals surface area contributed by atoms with Crippen LogP contribution in [0.3, 0.4) is 0 Å². The van der Waals surface area contributed by atoms with Crippen LogP contribution in [0.1, 0.15) is 27.3 Å². The third kappa shape index (κ3) is 4.10. The normalized spacial score (nSPS) is 10.7. The highest BCUT2D eigenvalue weighted by atomic mass is 35.5. The van der Waals surface area contributed by atoms with Crippen LogP contribution in [0.4, 0.5) is 5.69 Å². The van der Waals surface area contributed by atoms with Crippen LogP contribution in [0, 0.1) is 13.8 Å². The molecule has 0 unspecified atom stereocenters. The van der Waals surface area contributed by atoms with Crippen molar-refractivity contribution >= 4 is 34.8 Å². The molecule has 0 bridgehead atoms. The second-order valence-corrected chi connectivity index (χ2v) is 6.91. The predicted molar refractivity (Wildman–Crippen MR) is 108 cm³/mol. The first-order chi connectivity index (χ1) is 12.9. The maximum Gasteiger partial charge on any atom is 0.259 e. The van der Waals surface area contributed by atoms with Crippen LogP contribution in [0.15, 0.2) is 42.5 Å². The average Bonchev–Trinajstić information content (AvgIpc) is 2.90. The van der Waals surface area contributed by atoms with Crippen molar-refractivity contribution in [1.82, 2.24) is 9.78 Å². The molecule has 1 aromatic heterocycles. The van der Waals surface area contributed by atoms with E-state index in [2.05, 4.69) is 10.4 Å². The van der Waals surface area contributed by atoms with Crippen LogP contribution >= 0.6 is 23.2 Å². The van der Waals surface area contributed by atoms with E-state index in [0.717, 1.165) is 11.3 Å². The molecular formula is C20H19Cl2N3O2. The number of hydrogen-bond donors (Lipinski definition) is 1. The van der Waals surface area contributed by atoms with Crippen molar-refractivity contribution in [3.8, 4) is 5.75 Å². The molecular weight excluding hydrogens is 385 g/mol. The zero-order valence-electron chi connectivity index (χ0n) is 15.2. The first-order valence-corrected chi connectivity index (χ1v) is 9.08. The molecule has 2 aromatic carbocycles. The largest absolute Gasteiger partial charge is 0.495 e. The van der Waals surface area contributed by atoms with Gasteiger partial charge in [-0.1, -0.05) is 41.4 Å². The van der Waals surface area contributed by atoms with E-state index < -0.39 is 0 Å². The lowest BCUT2D eigenvalue weighted by Gasteiger charge is -2.09. The van der Waals surface area contributed by atoms with Gasteiger partial charge in [0.15, 0.2) is 0 Å². The summed E-state index contributed by atoms with van der Waals surface area (Å²) >= 11 is 12.4. The Kier molecular flexibility index (Phi) is 5.73. The van der Waals surface area contributed by atoms with Crippen molar-refractivity contribution in [2.24, 2.45) is 0 Å². The van der Waals surface area contributed by atoms with Gasteiger partial charge in [0, 0.05) is 16.4 Å². The van der Waals surface area contributed by atoms with E-state index in [1.807, 2.05) is 38.1 Å². The second kappa shape index (κ2) is 8.03. The fourth-order valence-corrected chi connectivity index (χ4v) is 3.36. The molecule has 140 valence electrons. The number of nitrogens with one attached hydrogen (secondary N) is 1. The van der Waals surface area contributed by atoms with Gasteiger partial charge >= 0.3 is 0 Å². The Balaban J connectivity index is 1.84. The second-order valence-electron chi connectivity index (χ2n) is 6.10. The Hall–Kier alpha value is -2.50. The number of aromatic nitrogens is 2. The van der Waals surface area contributed by atoms with Crippen LogP contribution < -0.4 is 10.1 Å². The van der Waals surface area contributed by atoms with E-state index in [-0.39, 0.29) is 5.91 Å². The van der Waals surface area contributed by atoms with Crippen molar-refractivity contribution in [3.05, 3.63) is 75.0 Å². The van der Waals surface area contributed by atoms with Gasteiger partial charge in [-0.2, -0.15) is 5.10 Å². The number of halogens is 2. The Bertz CT molecular complexity index is 999. The molecule has 1 N–H and O–H groups in total. The Morgan fingerprint density at radius 1 is 1.15 bits per heavy atom. The minimum Gasteiger partial charge on any atom is -0.495 e. The predicted octanol–water partition coefficient (Wildman–Crippen LogP) is 5.12. The van der Waals surface area contributed by atoms with Gasteiger partial charge in [-0.05, 0) is 43.7 Å². The molecule has 7 heteroatoms. The zero-order valence-corrected chi connectivity index (χ0v) is 16.7. The topological polar surface area (TPSA) is 56.1 Å². The van der Waals surface area contributed by atoms with Gasteiger partial charge in [-0.15, -0.1) is 0 Å². The molecule has 0 saturated heterocycles. The number of amides is 1. The number of benzene rings is 2. The number of aryl methyl sites for hydroxylation is 1. The Morgan fingerprint density at radius 3 is 2.56 bits per heavy atom. The monoisotopic (exact) mass is 403 g/mol. The number of rotatable bonds is 5. The molecule has 0 fully saturated rings. The molecule has 0 aliphatic rings. The molecule has 0 saturated carbocycles. The minimum absolute atomic E-state index is 0.239. The van der Waals surface area contributed by atoms with Gasteiger partial charge in [0.25, 0.3) is 5.91 Å². The number of anilines is 1. The van der Waals surface area contributed by atoms with E-state index in [1.54, 1.807) is 30.0 Å². The van der Waals surface area contributed by atoms with Crippen molar-refractivity contribution in [2.45, 2.75) is 20.4 Å². The first-order valence-electron chi connectivity index (χ1n) is 8.33. The lowest BCUT2D eigenvalue weighted by Crippen LogP contribution is -2.14. The van der Waals surface area contributed by atoms with Crippen LogP contribution in [0.2, 0.25) is 10.0 Å². The zero-order chi connectivity index (χ0) is 19.6. The van der Waals surface area contributed by atoms with Crippen LogP contribution in [0.5, 0.6) is 5.75 Å². The molecule has 0 radical (unpaired) electrons. The van der Waals surface area contributed by atoms with Crippen LogP contribution in [-0.2, 0) is 6.54 Å². The molecule has 3 aromatic rings. The fourth-order valence-electron chi connectivity index (χ4n) is 2.91. The number of ether oxygens (including phenoxy) is 1. The third-order valence-electron chi connectivity index (χ3n) is 4.30. The van der Waals surface area contributed by atoms with Gasteiger partial charge in [0.05, 0.1) is 29.9 Å². The van der Waals surface area contributed by atoms with E-state index >= 15 is 0 Å². The van der Waals surface area contributed by atoms with Crippen LogP contribution in [-0.4, -0.2) is 22.8 Å². The van der Waals surface area contributed by atoms with Gasteiger partial charge in [-0.25, -0.2) is 0 Å². The highest BCUT2D eigenvalue weighted by molar-refractivity contribution is 6.32. The third-order valence-corrected chi connectivity index (χ3v) is 4.96. The first kappa shape index (κ1) is 19.3. The number of carbonyl (C=O) groups excluding carboxylic acids is 1. The summed E-state index contributed by atoms with van der Waals surface area (Å²) in [5.41, 5.74) is 3.48. The molecule has 5 nitrogen and oxygen atoms in total. The van der Waals surface area contributed by atoms with E-state index in [9.17, 15) is 4.79 Å². The molecule has 1 amide bonds. The Labute approximate surface area is 167 Å². The smallest absolute Gasteiger partial charge is 0.259 e. The Morgan fingerprint density at radius 2 is 1.89 bits per heavy atom. The molecule has 0 spiro atoms. The number of methoxy groups -OCH3 is 1. The summed E-state index contributed by atoms with van der Waals surface area (Å²) in [5, 5.41) is 8.47. The summed E-state index contributed by atoms with van der Waals surface area (Å²) in [6, 6.07) is 12.7. The molecule has 1 heterocycles. The van der Waals surface area contributed by atoms with E-state index in [0.29, 0.717) is 39.3 Å². The number of nitrogens with zero attached hydrogens (tertiary/aromatic N) is 2. The number of hydrogen-bond acceptors (Lipinski definition) is 3. The average molecular weight is 404 g/mol. The highest BCUT2D eigenvalue weighted by Crippen LogP contribution is 2.28. The van der Waals surface area contributed by atoms with Gasteiger partial charge in [0.2, 0.25) is 0 Å². The summed E-state index contributed by atoms with van der Waals surface area (Å²) in [5.74, 6) is 0.311. The van der Waals surface area contributed by atoms with Gasteiger partial charge < -0.3 is 10.1 Å². The van der Waals surface area contributed by atoms with Gasteiger partial charge in [0.1, 0.15) is 5.75 Å². The summed E-state index contributed by atoms with van der Waals surface area (Å²) in [6.07, 6.45) is 0. The molecule has 0 aliphatic heterocycles. The SMILES string of the molecule is COc1ccc(NC(=O)c2c(C)nn(Cc3ccccc3Cl)c2C)cc1Cl. The highest BCUT2D eigenvalue weighted by Gasteiger charge is 2.19. The van der Waals surface area contributed by atoms with Crippen molar-refractivity contribution < 1.29 is 9.53 Å². The number of carbonyl (C=O) groups is 1. The lowest BCUT2D eigenvalue weighted by atomic mass is 10.1. The standard InChI is InChI=1S/C20H19Cl2N3O2/c1-12-19(20(26)23-15-8-9-18(27-3)17(22)10-15)13(2)25(24-12)11-14-6-4-5-7-16(14)21/h4-10H,11H2,1-3H3,(H,23,26). The van der Waals surface area contributed by atoms with E-state index in [4.69, 9.17) is 27.9 Å². The van der Waals surface area contributed by atoms with Crippen LogP contribution in [0.25, 0.3) is 0 Å². The quantitative estimate of drug-likeness (QED) is 0.643. The minimum atomic E-state index is -0.239. The summed E-state index contributed by atoms with van der Waals surface area (Å²) in [7, 11) is 1.54. The molecule has 3 rings (SSSR count). The molecule has 0 atom stereocenters.